The number of hydrogen-bond donors (Lipinski definition) is 2. The van der Waals surface area contributed by atoms with E-state index in [0.29, 0.717) is 19.5 Å². The van der Waals surface area contributed by atoms with E-state index in [4.69, 9.17) is 4.74 Å². The number of likely N-dealkylation sites (tertiary alicyclic amines) is 2. The lowest BCUT2D eigenvalue weighted by Crippen LogP contribution is -2.52. The summed E-state index contributed by atoms with van der Waals surface area (Å²) in [5.74, 6) is -1.00. The van der Waals surface area contributed by atoms with Crippen LogP contribution in [0.1, 0.15) is 32.1 Å². The number of rotatable bonds is 3. The molecule has 0 bridgehead atoms. The Morgan fingerprint density at radius 3 is 2.62 bits per heavy atom. The molecule has 0 aliphatic carbocycles. The topological polar surface area (TPSA) is 90.3 Å². The lowest BCUT2D eigenvalue weighted by molar-refractivity contribution is -0.141. The Kier molecular flexibility index (Phi) is 5.41. The van der Waals surface area contributed by atoms with E-state index in [1.165, 1.54) is 12.0 Å². The van der Waals surface area contributed by atoms with Crippen molar-refractivity contribution in [1.29, 1.82) is 0 Å². The molecule has 0 spiro atoms. The summed E-state index contributed by atoms with van der Waals surface area (Å²) in [4.78, 5) is 27.1. The monoisotopic (exact) mass is 300 g/mol. The van der Waals surface area contributed by atoms with Crippen LogP contribution in [-0.2, 0) is 9.53 Å². The lowest BCUT2D eigenvalue weighted by Gasteiger charge is -2.34. The van der Waals surface area contributed by atoms with E-state index in [0.717, 1.165) is 25.7 Å². The number of carbonyl (C=O) groups is 2. The summed E-state index contributed by atoms with van der Waals surface area (Å²) in [7, 11) is 1.53. The summed E-state index contributed by atoms with van der Waals surface area (Å²) in [6.07, 6.45) is 3.74. The molecule has 3 unspecified atom stereocenters. The van der Waals surface area contributed by atoms with Crippen molar-refractivity contribution in [1.82, 2.24) is 9.80 Å². The van der Waals surface area contributed by atoms with Crippen LogP contribution in [0.5, 0.6) is 0 Å². The minimum Gasteiger partial charge on any atom is -0.480 e. The summed E-state index contributed by atoms with van der Waals surface area (Å²) < 4.78 is 5.21. The Balaban J connectivity index is 2.13. The minimum atomic E-state index is -1.00. The number of aliphatic carboxylic acids is 1. The van der Waals surface area contributed by atoms with E-state index >= 15 is 0 Å². The number of carboxylic acids is 1. The molecule has 2 N–H and O–H groups in total. The van der Waals surface area contributed by atoms with Gasteiger partial charge in [0, 0.05) is 26.6 Å². The molecule has 7 nitrogen and oxygen atoms in total. The highest BCUT2D eigenvalue weighted by molar-refractivity contribution is 5.83. The second-order valence-corrected chi connectivity index (χ2v) is 5.76. The molecule has 0 aromatic carbocycles. The van der Waals surface area contributed by atoms with Crippen molar-refractivity contribution in [3.05, 3.63) is 0 Å². The predicted molar refractivity (Wildman–Crippen MR) is 75.0 cm³/mol. The van der Waals surface area contributed by atoms with Gasteiger partial charge < -0.3 is 24.7 Å². The van der Waals surface area contributed by atoms with E-state index < -0.39 is 12.0 Å². The molecule has 120 valence electrons. The zero-order valence-electron chi connectivity index (χ0n) is 12.4. The number of urea groups is 1. The number of aliphatic hydroxyl groups is 1. The predicted octanol–water partition coefficient (Wildman–Crippen LogP) is 0.517. The molecular weight excluding hydrogens is 276 g/mol. The van der Waals surface area contributed by atoms with Crippen LogP contribution < -0.4 is 0 Å². The molecular formula is C14H24N2O5. The van der Waals surface area contributed by atoms with Crippen molar-refractivity contribution in [2.45, 2.75) is 50.3 Å². The van der Waals surface area contributed by atoms with E-state index in [-0.39, 0.29) is 24.8 Å². The zero-order valence-corrected chi connectivity index (χ0v) is 12.4. The SMILES string of the molecule is COC1CC(C(=O)O)N(C(=O)N2CCCCCC2CO)C1. The number of ether oxygens (including phenoxy) is 1. The molecule has 2 aliphatic rings. The number of aliphatic hydroxyl groups excluding tert-OH is 1. The van der Waals surface area contributed by atoms with Crippen LogP contribution >= 0.6 is 0 Å². The van der Waals surface area contributed by atoms with Crippen LogP contribution in [0.4, 0.5) is 4.79 Å². The fourth-order valence-electron chi connectivity index (χ4n) is 3.20. The van der Waals surface area contributed by atoms with Crippen LogP contribution in [0.3, 0.4) is 0 Å². The highest BCUT2D eigenvalue weighted by Crippen LogP contribution is 2.25. The van der Waals surface area contributed by atoms with Gasteiger partial charge in [0.25, 0.3) is 0 Å². The molecule has 2 saturated heterocycles. The maximum Gasteiger partial charge on any atom is 0.326 e. The second kappa shape index (κ2) is 7.09. The molecule has 2 heterocycles. The first-order valence-electron chi connectivity index (χ1n) is 7.52. The quantitative estimate of drug-likeness (QED) is 0.793. The average Bonchev–Trinajstić information content (AvgIpc) is 2.78. The molecule has 2 fully saturated rings. The van der Waals surface area contributed by atoms with E-state index in [2.05, 4.69) is 0 Å². The van der Waals surface area contributed by atoms with Crippen LogP contribution in [0.2, 0.25) is 0 Å². The molecule has 0 aromatic heterocycles. The molecule has 0 radical (unpaired) electrons. The molecule has 7 heteroatoms. The lowest BCUT2D eigenvalue weighted by atomic mass is 10.1. The van der Waals surface area contributed by atoms with Crippen LogP contribution in [0.15, 0.2) is 0 Å². The number of methoxy groups -OCH3 is 1. The number of nitrogens with zero attached hydrogens (tertiary/aromatic N) is 2. The fourth-order valence-corrected chi connectivity index (χ4v) is 3.20. The maximum absolute atomic E-state index is 12.7. The first kappa shape index (κ1) is 16.0. The van der Waals surface area contributed by atoms with Crippen LogP contribution in [0, 0.1) is 0 Å². The van der Waals surface area contributed by atoms with E-state index in [9.17, 15) is 19.8 Å². The Bertz CT molecular complexity index is 390. The van der Waals surface area contributed by atoms with Gasteiger partial charge in [0.05, 0.1) is 18.8 Å². The summed E-state index contributed by atoms with van der Waals surface area (Å²) >= 11 is 0. The smallest absolute Gasteiger partial charge is 0.326 e. The van der Waals surface area contributed by atoms with Crippen molar-refractivity contribution in [2.24, 2.45) is 0 Å². The summed E-state index contributed by atoms with van der Waals surface area (Å²) in [6, 6.07) is -1.34. The van der Waals surface area contributed by atoms with Gasteiger partial charge in [-0.25, -0.2) is 9.59 Å². The van der Waals surface area contributed by atoms with Gasteiger partial charge in [0.15, 0.2) is 0 Å². The molecule has 0 aromatic rings. The molecule has 2 rings (SSSR count). The van der Waals surface area contributed by atoms with E-state index in [1.54, 1.807) is 4.90 Å². The number of carbonyl (C=O) groups excluding carboxylic acids is 1. The van der Waals surface area contributed by atoms with Gasteiger partial charge in [0.2, 0.25) is 0 Å². The fraction of sp³-hybridized carbons (Fsp3) is 0.857. The number of amides is 2. The van der Waals surface area contributed by atoms with Gasteiger partial charge in [-0.05, 0) is 12.8 Å². The number of carboxylic acid groups (broad SMARTS) is 1. The van der Waals surface area contributed by atoms with Gasteiger partial charge in [-0.3, -0.25) is 0 Å². The largest absolute Gasteiger partial charge is 0.480 e. The van der Waals surface area contributed by atoms with E-state index in [1.807, 2.05) is 0 Å². The first-order valence-corrected chi connectivity index (χ1v) is 7.52. The minimum absolute atomic E-state index is 0.0783. The van der Waals surface area contributed by atoms with Crippen molar-refractivity contribution >= 4 is 12.0 Å². The Morgan fingerprint density at radius 1 is 1.24 bits per heavy atom. The third-order valence-electron chi connectivity index (χ3n) is 4.46. The average molecular weight is 300 g/mol. The normalized spacial score (nSPS) is 30.3. The van der Waals surface area contributed by atoms with Crippen molar-refractivity contribution in [3.63, 3.8) is 0 Å². The molecule has 2 aliphatic heterocycles. The van der Waals surface area contributed by atoms with Gasteiger partial charge in [-0.15, -0.1) is 0 Å². The Labute approximate surface area is 124 Å². The van der Waals surface area contributed by atoms with Crippen molar-refractivity contribution < 1.29 is 24.5 Å². The molecule has 3 atom stereocenters. The standard InChI is InChI=1S/C14H24N2O5/c1-21-11-7-12(13(18)19)16(8-11)14(20)15-6-4-2-3-5-10(15)9-17/h10-12,17H,2-9H2,1H3,(H,18,19). The Morgan fingerprint density at radius 2 is 2.00 bits per heavy atom. The van der Waals surface area contributed by atoms with Gasteiger partial charge in [-0.2, -0.15) is 0 Å². The highest BCUT2D eigenvalue weighted by Gasteiger charge is 2.42. The van der Waals surface area contributed by atoms with Crippen molar-refractivity contribution in [2.75, 3.05) is 26.8 Å². The van der Waals surface area contributed by atoms with Crippen LogP contribution in [0.25, 0.3) is 0 Å². The number of hydrogen-bond acceptors (Lipinski definition) is 4. The molecule has 2 amide bonds. The van der Waals surface area contributed by atoms with Crippen molar-refractivity contribution in [3.8, 4) is 0 Å². The molecule has 21 heavy (non-hydrogen) atoms. The van der Waals surface area contributed by atoms with Gasteiger partial charge in [0.1, 0.15) is 6.04 Å². The maximum atomic E-state index is 12.7. The molecule has 0 saturated carbocycles. The third-order valence-corrected chi connectivity index (χ3v) is 4.46. The zero-order chi connectivity index (χ0) is 15.4. The summed E-state index contributed by atoms with van der Waals surface area (Å²) in [5.41, 5.74) is 0. The van der Waals surface area contributed by atoms with Crippen LogP contribution in [-0.4, -0.2) is 77.0 Å². The first-order chi connectivity index (χ1) is 10.1. The summed E-state index contributed by atoms with van der Waals surface area (Å²) in [6.45, 7) is 0.788. The van der Waals surface area contributed by atoms with Gasteiger partial charge >= 0.3 is 12.0 Å². The van der Waals surface area contributed by atoms with Gasteiger partial charge in [-0.1, -0.05) is 12.8 Å². The third kappa shape index (κ3) is 3.47. The Hall–Kier alpha value is -1.34. The highest BCUT2D eigenvalue weighted by atomic mass is 16.5. The summed E-state index contributed by atoms with van der Waals surface area (Å²) in [5, 5.41) is 18.8. The second-order valence-electron chi connectivity index (χ2n) is 5.76.